The quantitative estimate of drug-likeness (QED) is 0.847. The molecular formula is C12H12BrN3O. The van der Waals surface area contributed by atoms with Gasteiger partial charge in [-0.25, -0.2) is 4.79 Å². The average Bonchev–Trinajstić information content (AvgIpc) is 2.80. The zero-order chi connectivity index (χ0) is 11.8. The number of benzene rings is 1. The predicted molar refractivity (Wildman–Crippen MR) is 70.0 cm³/mol. The van der Waals surface area contributed by atoms with Crippen molar-refractivity contribution in [2.24, 2.45) is 0 Å². The summed E-state index contributed by atoms with van der Waals surface area (Å²) in [7, 11) is 0. The van der Waals surface area contributed by atoms with Gasteiger partial charge < -0.3 is 10.3 Å². The fourth-order valence-corrected chi connectivity index (χ4v) is 2.70. The summed E-state index contributed by atoms with van der Waals surface area (Å²) in [6.45, 7) is 1.01. The van der Waals surface area contributed by atoms with Gasteiger partial charge in [0.25, 0.3) is 0 Å². The topological polar surface area (TPSA) is 57.8 Å². The van der Waals surface area contributed by atoms with Crippen LogP contribution < -0.4 is 11.0 Å². The van der Waals surface area contributed by atoms with E-state index >= 15 is 0 Å². The lowest BCUT2D eigenvalue weighted by atomic mass is 10.1. The molecular weight excluding hydrogens is 282 g/mol. The second-order valence-electron chi connectivity index (χ2n) is 4.27. The van der Waals surface area contributed by atoms with Gasteiger partial charge in [-0.05, 0) is 37.6 Å². The number of nitrogens with one attached hydrogen (secondary N) is 2. The van der Waals surface area contributed by atoms with Crippen LogP contribution in [0.5, 0.6) is 0 Å². The molecule has 1 aliphatic heterocycles. The van der Waals surface area contributed by atoms with Crippen LogP contribution in [-0.2, 0) is 0 Å². The van der Waals surface area contributed by atoms with Gasteiger partial charge in [0.2, 0.25) is 0 Å². The van der Waals surface area contributed by atoms with E-state index in [0.717, 1.165) is 40.5 Å². The average molecular weight is 294 g/mol. The van der Waals surface area contributed by atoms with Crippen molar-refractivity contribution in [3.05, 3.63) is 38.9 Å². The highest BCUT2D eigenvalue weighted by Crippen LogP contribution is 2.27. The third-order valence-corrected chi connectivity index (χ3v) is 3.62. The van der Waals surface area contributed by atoms with E-state index in [1.807, 2.05) is 18.2 Å². The normalized spacial score (nSPS) is 19.9. The highest BCUT2D eigenvalue weighted by atomic mass is 79.9. The standard InChI is InChI=1S/C12H12BrN3O/c13-7-3-4-8-10(6-7)15-12(17)16-11(8)9-2-1-5-14-9/h3-4,6,9,14H,1-2,5H2,(H,15,16,17). The molecule has 1 aromatic heterocycles. The van der Waals surface area contributed by atoms with E-state index < -0.39 is 0 Å². The van der Waals surface area contributed by atoms with Crippen LogP contribution in [0.4, 0.5) is 0 Å². The molecule has 0 saturated carbocycles. The van der Waals surface area contributed by atoms with Gasteiger partial charge in [0.15, 0.2) is 0 Å². The molecule has 5 heteroatoms. The zero-order valence-corrected chi connectivity index (χ0v) is 10.8. The van der Waals surface area contributed by atoms with Gasteiger partial charge in [-0.15, -0.1) is 0 Å². The molecule has 0 amide bonds. The van der Waals surface area contributed by atoms with Gasteiger partial charge in [-0.1, -0.05) is 15.9 Å². The van der Waals surface area contributed by atoms with Crippen LogP contribution in [0.15, 0.2) is 27.5 Å². The molecule has 0 radical (unpaired) electrons. The first-order chi connectivity index (χ1) is 8.24. The number of hydrogen-bond donors (Lipinski definition) is 2. The number of halogens is 1. The molecule has 2 N–H and O–H groups in total. The first kappa shape index (κ1) is 10.9. The van der Waals surface area contributed by atoms with Crippen LogP contribution in [0.25, 0.3) is 10.9 Å². The molecule has 1 aromatic carbocycles. The van der Waals surface area contributed by atoms with Gasteiger partial charge in [0.05, 0.1) is 5.52 Å². The van der Waals surface area contributed by atoms with Gasteiger partial charge >= 0.3 is 5.69 Å². The third kappa shape index (κ3) is 2.00. The van der Waals surface area contributed by atoms with Gasteiger partial charge in [-0.2, -0.15) is 4.98 Å². The van der Waals surface area contributed by atoms with Crippen LogP contribution in [-0.4, -0.2) is 16.5 Å². The Bertz CT molecular complexity index is 617. The molecule has 1 atom stereocenters. The van der Waals surface area contributed by atoms with Crippen molar-refractivity contribution in [1.29, 1.82) is 0 Å². The molecule has 2 aromatic rings. The number of fused-ring (bicyclic) bond motifs is 1. The van der Waals surface area contributed by atoms with E-state index in [0.29, 0.717) is 0 Å². The van der Waals surface area contributed by atoms with Crippen LogP contribution in [0.2, 0.25) is 0 Å². The first-order valence-electron chi connectivity index (χ1n) is 5.67. The van der Waals surface area contributed by atoms with Crippen molar-refractivity contribution in [2.45, 2.75) is 18.9 Å². The van der Waals surface area contributed by atoms with E-state index in [4.69, 9.17) is 0 Å². The minimum Gasteiger partial charge on any atom is -0.309 e. The van der Waals surface area contributed by atoms with Crippen molar-refractivity contribution < 1.29 is 0 Å². The van der Waals surface area contributed by atoms with E-state index in [2.05, 4.69) is 31.2 Å². The summed E-state index contributed by atoms with van der Waals surface area (Å²) in [5.41, 5.74) is 1.43. The molecule has 0 spiro atoms. The van der Waals surface area contributed by atoms with E-state index in [-0.39, 0.29) is 11.7 Å². The fraction of sp³-hybridized carbons (Fsp3) is 0.333. The van der Waals surface area contributed by atoms with Crippen molar-refractivity contribution in [3.8, 4) is 0 Å². The Hall–Kier alpha value is -1.20. The largest absolute Gasteiger partial charge is 0.345 e. The molecule has 0 bridgehead atoms. The Morgan fingerprint density at radius 2 is 2.29 bits per heavy atom. The summed E-state index contributed by atoms with van der Waals surface area (Å²) in [5, 5.41) is 4.42. The SMILES string of the molecule is O=c1nc2cc(Br)ccc2c(C2CCCN2)[nH]1. The van der Waals surface area contributed by atoms with Crippen molar-refractivity contribution >= 4 is 26.8 Å². The Morgan fingerprint density at radius 3 is 3.06 bits per heavy atom. The van der Waals surface area contributed by atoms with Crippen molar-refractivity contribution in [3.63, 3.8) is 0 Å². The molecule has 1 saturated heterocycles. The van der Waals surface area contributed by atoms with Crippen molar-refractivity contribution in [1.82, 2.24) is 15.3 Å². The predicted octanol–water partition coefficient (Wildman–Crippen LogP) is 2.11. The van der Waals surface area contributed by atoms with Gasteiger partial charge in [-0.3, -0.25) is 0 Å². The van der Waals surface area contributed by atoms with Crippen LogP contribution >= 0.6 is 15.9 Å². The number of rotatable bonds is 1. The number of hydrogen-bond acceptors (Lipinski definition) is 3. The maximum absolute atomic E-state index is 11.6. The summed E-state index contributed by atoms with van der Waals surface area (Å²) in [5.74, 6) is 0. The maximum Gasteiger partial charge on any atom is 0.345 e. The molecule has 1 unspecified atom stereocenters. The monoisotopic (exact) mass is 293 g/mol. The van der Waals surface area contributed by atoms with Gasteiger partial charge in [0.1, 0.15) is 0 Å². The number of aromatic amines is 1. The number of nitrogens with zero attached hydrogens (tertiary/aromatic N) is 1. The van der Waals surface area contributed by atoms with E-state index in [1.54, 1.807) is 0 Å². The minimum absolute atomic E-state index is 0.245. The highest BCUT2D eigenvalue weighted by Gasteiger charge is 2.19. The van der Waals surface area contributed by atoms with Crippen LogP contribution in [0.1, 0.15) is 24.6 Å². The Labute approximate surface area is 107 Å². The smallest absolute Gasteiger partial charge is 0.309 e. The maximum atomic E-state index is 11.6. The lowest BCUT2D eigenvalue weighted by Gasteiger charge is -2.12. The second-order valence-corrected chi connectivity index (χ2v) is 5.18. The molecule has 0 aliphatic carbocycles. The van der Waals surface area contributed by atoms with Crippen LogP contribution in [0.3, 0.4) is 0 Å². The summed E-state index contributed by atoms with van der Waals surface area (Å²) >= 11 is 3.40. The first-order valence-corrected chi connectivity index (χ1v) is 6.46. The number of H-pyrrole nitrogens is 1. The molecule has 3 rings (SSSR count). The summed E-state index contributed by atoms with van der Waals surface area (Å²) in [6.07, 6.45) is 2.21. The molecule has 17 heavy (non-hydrogen) atoms. The molecule has 2 heterocycles. The molecule has 88 valence electrons. The lowest BCUT2D eigenvalue weighted by Crippen LogP contribution is -2.20. The van der Waals surface area contributed by atoms with Gasteiger partial charge in [0, 0.05) is 21.6 Å². The second kappa shape index (κ2) is 4.23. The highest BCUT2D eigenvalue weighted by molar-refractivity contribution is 9.10. The lowest BCUT2D eigenvalue weighted by molar-refractivity contribution is 0.629. The summed E-state index contributed by atoms with van der Waals surface area (Å²) in [4.78, 5) is 18.4. The Balaban J connectivity index is 2.25. The summed E-state index contributed by atoms with van der Waals surface area (Å²) < 4.78 is 0.938. The Kier molecular flexibility index (Phi) is 2.72. The third-order valence-electron chi connectivity index (χ3n) is 3.12. The van der Waals surface area contributed by atoms with E-state index in [9.17, 15) is 4.79 Å². The minimum atomic E-state index is -0.278. The number of aromatic nitrogens is 2. The van der Waals surface area contributed by atoms with Crippen LogP contribution in [0, 0.1) is 0 Å². The zero-order valence-electron chi connectivity index (χ0n) is 9.16. The molecule has 1 aliphatic rings. The molecule has 4 nitrogen and oxygen atoms in total. The van der Waals surface area contributed by atoms with Crippen molar-refractivity contribution in [2.75, 3.05) is 6.54 Å². The Morgan fingerprint density at radius 1 is 1.41 bits per heavy atom. The fourth-order valence-electron chi connectivity index (χ4n) is 2.35. The summed E-state index contributed by atoms with van der Waals surface area (Å²) in [6, 6.07) is 6.09. The van der Waals surface area contributed by atoms with E-state index in [1.165, 1.54) is 0 Å². The molecule has 1 fully saturated rings.